The smallest absolute Gasteiger partial charge is 0.507 e. The van der Waals surface area contributed by atoms with E-state index >= 15 is 0 Å². The third-order valence-corrected chi connectivity index (χ3v) is 15.8. The number of ketones is 1. The van der Waals surface area contributed by atoms with Gasteiger partial charge in [-0.15, -0.1) is 0 Å². The number of aliphatic hydroxyl groups excluding tert-OH is 5. The van der Waals surface area contributed by atoms with E-state index in [1.54, 1.807) is 101 Å². The van der Waals surface area contributed by atoms with Gasteiger partial charge in [-0.25, -0.2) is 0 Å². The number of nitrogens with zero attached hydrogens (tertiary/aromatic N) is 1. The Hall–Kier alpha value is -3.57. The van der Waals surface area contributed by atoms with Crippen molar-refractivity contribution in [3.8, 4) is 5.75 Å². The molecule has 4 aliphatic heterocycles. The Morgan fingerprint density at radius 1 is 0.805 bits per heavy atom. The van der Waals surface area contributed by atoms with Crippen LogP contribution in [-0.2, 0) is 59.2 Å². The number of rotatable bonds is 24. The standard InChI is InChI=1S/C59H88N2O20.Na/c1-15-17-19-27-39-58(8,9)53(80-56-45(67)50(74-13)49(35(7)76-56)79-57-51(75-14)44(66)48(73-12)34(6)77-57)52(68)59(71,81-39)36(16-2)54(69)60-29-23-22-25-32(4)46(72-11)33(5)47-43(65)42(64)38(78-47)26-21-18-20-24-31(3)41(63)40-37(62)28-30-61(10)55(40)70;/h15,17-28,30,33-36,38-39,42-53,56-57,62,64-68,71H,16,29H2,1-14H3,(H,60,69);/q;+1/b17-15+,20-18+,23-22+,26-21+,27-19+,31-24+,32-25+;/t33-,34+,35-,36-,38-,39+,42+,43+,44-,45-,46-,47+,48+,49?,50+,51-,52-,53+,56+,57+,59-;/m1./s1. The number of nitrogens with one attached hydrogen (secondary N) is 1. The molecule has 454 valence electrons. The summed E-state index contributed by atoms with van der Waals surface area (Å²) < 4.78 is 61.5. The third kappa shape index (κ3) is 15.9. The number of carbonyl (C=O) groups is 2. The van der Waals surface area contributed by atoms with E-state index in [-0.39, 0.29) is 53.7 Å². The third-order valence-electron chi connectivity index (χ3n) is 15.8. The van der Waals surface area contributed by atoms with Gasteiger partial charge >= 0.3 is 29.6 Å². The number of hydrogen-bond donors (Lipinski definition) is 8. The molecule has 4 aliphatic rings. The molecule has 5 heterocycles. The second-order valence-corrected chi connectivity index (χ2v) is 21.7. The average molecular weight is 1170 g/mol. The quantitative estimate of drug-likeness (QED) is 0.0287. The van der Waals surface area contributed by atoms with Crippen LogP contribution in [0.4, 0.5) is 0 Å². The summed E-state index contributed by atoms with van der Waals surface area (Å²) in [6.07, 6.45) is 1.89. The van der Waals surface area contributed by atoms with Crippen LogP contribution in [0.3, 0.4) is 0 Å². The molecule has 0 bridgehead atoms. The molecule has 0 radical (unpaired) electrons. The number of hydrogen-bond acceptors (Lipinski definition) is 20. The van der Waals surface area contributed by atoms with Gasteiger partial charge in [0.25, 0.3) is 5.56 Å². The number of amides is 1. The van der Waals surface area contributed by atoms with Crippen LogP contribution in [0.5, 0.6) is 5.75 Å². The minimum atomic E-state index is -2.53. The molecule has 21 atom stereocenters. The number of carbonyl (C=O) groups excluding carboxylic acids is 2. The van der Waals surface area contributed by atoms with Crippen molar-refractivity contribution in [3.63, 3.8) is 0 Å². The zero-order valence-corrected chi connectivity index (χ0v) is 51.9. The zero-order valence-electron chi connectivity index (χ0n) is 49.9. The zero-order chi connectivity index (χ0) is 60.3. The molecule has 22 nitrogen and oxygen atoms in total. The van der Waals surface area contributed by atoms with Crippen molar-refractivity contribution in [1.82, 2.24) is 9.88 Å². The minimum absolute atomic E-state index is 0. The van der Waals surface area contributed by atoms with Crippen LogP contribution >= 0.6 is 0 Å². The molecule has 0 spiro atoms. The van der Waals surface area contributed by atoms with Crippen LogP contribution in [0.25, 0.3) is 0 Å². The first-order chi connectivity index (χ1) is 38.3. The number of aliphatic hydroxyl groups is 6. The molecule has 1 unspecified atom stereocenters. The minimum Gasteiger partial charge on any atom is -0.507 e. The molecule has 23 heteroatoms. The summed E-state index contributed by atoms with van der Waals surface area (Å²) in [4.78, 5) is 39.4. The molecule has 82 heavy (non-hydrogen) atoms. The fraction of sp³-hybridized carbons (Fsp3) is 0.644. The maximum atomic E-state index is 14.1. The Balaban J connectivity index is 0.0000144. The normalized spacial score (nSPS) is 35.9. The molecule has 1 aromatic rings. The number of Topliss-reactive ketones (excluding diaryl/α,β-unsaturated/α-hetero) is 1. The molecule has 1 amide bonds. The van der Waals surface area contributed by atoms with Crippen LogP contribution in [0.15, 0.2) is 101 Å². The summed E-state index contributed by atoms with van der Waals surface area (Å²) in [5.74, 6) is -6.00. The first kappa shape index (κ1) is 70.9. The van der Waals surface area contributed by atoms with E-state index in [2.05, 4.69) is 5.32 Å². The first-order valence-corrected chi connectivity index (χ1v) is 27.4. The Morgan fingerprint density at radius 2 is 1.44 bits per heavy atom. The van der Waals surface area contributed by atoms with Gasteiger partial charge in [-0.2, -0.15) is 0 Å². The van der Waals surface area contributed by atoms with E-state index in [1.807, 2.05) is 20.8 Å². The fourth-order valence-corrected chi connectivity index (χ4v) is 11.0. The number of aromatic nitrogens is 1. The molecular weight excluding hydrogens is 1080 g/mol. The molecule has 0 aliphatic carbocycles. The van der Waals surface area contributed by atoms with E-state index in [1.165, 1.54) is 65.3 Å². The maximum Gasteiger partial charge on any atom is 1.00 e. The van der Waals surface area contributed by atoms with Crippen molar-refractivity contribution in [1.29, 1.82) is 0 Å². The predicted molar refractivity (Wildman–Crippen MR) is 296 cm³/mol. The topological polar surface area (TPSA) is 302 Å². The Kier molecular flexibility index (Phi) is 27.4. The van der Waals surface area contributed by atoms with E-state index in [9.17, 15) is 50.1 Å². The molecule has 8 N–H and O–H groups in total. The largest absolute Gasteiger partial charge is 1.00 e. The summed E-state index contributed by atoms with van der Waals surface area (Å²) in [7, 11) is 7.22. The summed E-state index contributed by atoms with van der Waals surface area (Å²) in [6, 6.07) is 1.27. The first-order valence-electron chi connectivity index (χ1n) is 27.4. The van der Waals surface area contributed by atoms with Gasteiger partial charge in [-0.3, -0.25) is 14.4 Å². The van der Waals surface area contributed by atoms with Crippen molar-refractivity contribution < 1.29 is 122 Å². The number of pyridine rings is 1. The van der Waals surface area contributed by atoms with Gasteiger partial charge in [-0.05, 0) is 58.3 Å². The van der Waals surface area contributed by atoms with Crippen LogP contribution in [0, 0.1) is 17.3 Å². The molecule has 0 aromatic carbocycles. The Bertz CT molecular complexity index is 2530. The van der Waals surface area contributed by atoms with Crippen molar-refractivity contribution in [3.05, 3.63) is 112 Å². The van der Waals surface area contributed by atoms with Gasteiger partial charge < -0.3 is 93.0 Å². The molecule has 4 fully saturated rings. The second-order valence-electron chi connectivity index (χ2n) is 21.7. The van der Waals surface area contributed by atoms with E-state index in [0.717, 1.165) is 5.57 Å². The Labute approximate surface area is 503 Å². The van der Waals surface area contributed by atoms with E-state index in [4.69, 9.17) is 47.4 Å². The monoisotopic (exact) mass is 1170 g/mol. The number of ether oxygens (including phenoxy) is 10. The van der Waals surface area contributed by atoms with Gasteiger partial charge in [0.1, 0.15) is 72.4 Å². The summed E-state index contributed by atoms with van der Waals surface area (Å²) in [5.41, 5.74) is -1.14. The fourth-order valence-electron chi connectivity index (χ4n) is 11.0. The second kappa shape index (κ2) is 31.7. The van der Waals surface area contributed by atoms with Crippen molar-refractivity contribution in [2.75, 3.05) is 35.0 Å². The SMILES string of the molecule is C/C=C/C=C/[C@@H]1O[C@](O)([C@H](CC)C(=O)NC/C=C/C=C(\C)[C@@H](OC)[C@@H](C)[C@@H]2O[C@H](/C=C/C=C/C=C(\C)C(=O)c3c(O)ccn(C)c3=O)[C@H](O)[C@@H]2O)[C@H](O)[C@H](O[C@@H]2O[C@H](C)C(O[C@@H]3O[C@@H](C)[C@H](OC)[C@@H](O)[C@H]3OC)[C@@H](OC)[C@H]2O)C1(C)C.[Na+]. The molecule has 5 rings (SSSR count). The van der Waals surface area contributed by atoms with Crippen LogP contribution in [0.2, 0.25) is 0 Å². The van der Waals surface area contributed by atoms with Crippen LogP contribution in [-0.4, -0.2) is 203 Å². The van der Waals surface area contributed by atoms with E-state index < -0.39 is 156 Å². The van der Waals surface area contributed by atoms with Gasteiger partial charge in [0.2, 0.25) is 11.7 Å². The molecular formula is C59H88N2NaO20+. The summed E-state index contributed by atoms with van der Waals surface area (Å²) in [6.45, 7) is 15.6. The number of aromatic hydroxyl groups is 1. The van der Waals surface area contributed by atoms with Crippen molar-refractivity contribution in [2.45, 2.75) is 185 Å². The van der Waals surface area contributed by atoms with Crippen molar-refractivity contribution in [2.24, 2.45) is 24.3 Å². The average Bonchev–Trinajstić information content (AvgIpc) is 3.77. The summed E-state index contributed by atoms with van der Waals surface area (Å²) in [5, 5.41) is 82.6. The number of aryl methyl sites for hydroxylation is 1. The number of allylic oxidation sites excluding steroid dienone is 10. The summed E-state index contributed by atoms with van der Waals surface area (Å²) >= 11 is 0. The van der Waals surface area contributed by atoms with Crippen LogP contribution < -0.4 is 40.4 Å². The Morgan fingerprint density at radius 3 is 2.06 bits per heavy atom. The molecule has 0 saturated carbocycles. The van der Waals surface area contributed by atoms with E-state index in [0.29, 0.717) is 0 Å². The van der Waals surface area contributed by atoms with Gasteiger partial charge in [0.05, 0.1) is 42.5 Å². The van der Waals surface area contributed by atoms with Gasteiger partial charge in [0, 0.05) is 59.6 Å². The molecule has 4 saturated heterocycles. The number of methoxy groups -OCH3 is 4. The van der Waals surface area contributed by atoms with Gasteiger partial charge in [0.15, 0.2) is 18.4 Å². The van der Waals surface area contributed by atoms with Crippen LogP contribution in [0.1, 0.15) is 79.1 Å². The molecule has 1 aromatic heterocycles. The van der Waals surface area contributed by atoms with Gasteiger partial charge in [-0.1, -0.05) is 101 Å². The predicted octanol–water partition coefficient (Wildman–Crippen LogP) is -0.245. The maximum absolute atomic E-state index is 14.1. The van der Waals surface area contributed by atoms with Crippen molar-refractivity contribution >= 4 is 11.7 Å².